The van der Waals surface area contributed by atoms with Gasteiger partial charge in [-0.05, 0) is 54.9 Å². The molecule has 1 N–H and O–H groups in total. The second-order valence-electron chi connectivity index (χ2n) is 4.99. The van der Waals surface area contributed by atoms with Gasteiger partial charge in [-0.25, -0.2) is 12.8 Å². The van der Waals surface area contributed by atoms with Crippen LogP contribution in [0.3, 0.4) is 0 Å². The predicted octanol–water partition coefficient (Wildman–Crippen LogP) is 3.21. The van der Waals surface area contributed by atoms with Crippen molar-refractivity contribution in [3.63, 3.8) is 0 Å². The van der Waals surface area contributed by atoms with E-state index in [1.165, 1.54) is 6.07 Å². The van der Waals surface area contributed by atoms with Gasteiger partial charge in [-0.1, -0.05) is 0 Å². The molecule has 0 heterocycles. The molecule has 0 amide bonds. The molecule has 0 aromatic heterocycles. The Morgan fingerprint density at radius 1 is 1.33 bits per heavy atom. The van der Waals surface area contributed by atoms with Crippen molar-refractivity contribution in [3.05, 3.63) is 28.5 Å². The first-order valence-electron chi connectivity index (χ1n) is 5.55. The first-order valence-corrected chi connectivity index (χ1v) is 7.99. The van der Waals surface area contributed by atoms with Crippen LogP contribution in [-0.2, 0) is 9.84 Å². The smallest absolute Gasteiger partial charge is 0.156 e. The summed E-state index contributed by atoms with van der Waals surface area (Å²) in [7, 11) is -3.13. The molecule has 0 aliphatic rings. The summed E-state index contributed by atoms with van der Waals surface area (Å²) < 4.78 is 36.3. The van der Waals surface area contributed by atoms with Gasteiger partial charge in [0.05, 0.1) is 15.0 Å². The molecule has 1 aromatic carbocycles. The van der Waals surface area contributed by atoms with E-state index in [-0.39, 0.29) is 11.6 Å². The molecule has 0 saturated heterocycles. The summed E-state index contributed by atoms with van der Waals surface area (Å²) >= 11 is 3.08. The topological polar surface area (TPSA) is 46.2 Å². The number of halogens is 2. The lowest BCUT2D eigenvalue weighted by molar-refractivity contribution is 0.560. The third-order valence-corrected chi connectivity index (χ3v) is 5.77. The average molecular weight is 338 g/mol. The fraction of sp³-hybridized carbons (Fsp3) is 0.500. The van der Waals surface area contributed by atoms with Gasteiger partial charge in [0.2, 0.25) is 0 Å². The molecule has 0 atom stereocenters. The minimum absolute atomic E-state index is 0.0471. The van der Waals surface area contributed by atoms with Gasteiger partial charge in [-0.3, -0.25) is 0 Å². The minimum Gasteiger partial charge on any atom is -0.384 e. The van der Waals surface area contributed by atoms with Crippen molar-refractivity contribution in [2.45, 2.75) is 25.5 Å². The number of hydrogen-bond donors (Lipinski definition) is 1. The summed E-state index contributed by atoms with van der Waals surface area (Å²) in [6.45, 7) is 5.34. The number of sulfone groups is 1. The van der Waals surface area contributed by atoms with E-state index >= 15 is 0 Å². The van der Waals surface area contributed by atoms with E-state index in [4.69, 9.17) is 0 Å². The van der Waals surface area contributed by atoms with Crippen molar-refractivity contribution in [1.29, 1.82) is 0 Å². The van der Waals surface area contributed by atoms with Crippen molar-refractivity contribution in [3.8, 4) is 0 Å². The molecule has 3 nitrogen and oxygen atoms in total. The van der Waals surface area contributed by atoms with E-state index in [0.29, 0.717) is 16.7 Å². The normalized spacial score (nSPS) is 12.5. The molecule has 1 aromatic rings. The van der Waals surface area contributed by atoms with Gasteiger partial charge >= 0.3 is 0 Å². The highest BCUT2D eigenvalue weighted by molar-refractivity contribution is 9.10. The molecule has 0 unspecified atom stereocenters. The molecule has 0 radical (unpaired) electrons. The van der Waals surface area contributed by atoms with Crippen LogP contribution in [0.15, 0.2) is 22.7 Å². The third-order valence-electron chi connectivity index (χ3n) is 2.55. The summed E-state index contributed by atoms with van der Waals surface area (Å²) in [5.74, 6) is -0.297. The highest BCUT2D eigenvalue weighted by Crippen LogP contribution is 2.20. The predicted molar refractivity (Wildman–Crippen MR) is 76.1 cm³/mol. The lowest BCUT2D eigenvalue weighted by Crippen LogP contribution is -2.32. The average Bonchev–Trinajstić information content (AvgIpc) is 2.21. The number of hydrogen-bond acceptors (Lipinski definition) is 3. The van der Waals surface area contributed by atoms with E-state index in [0.717, 1.165) is 0 Å². The van der Waals surface area contributed by atoms with Crippen LogP contribution in [-0.4, -0.2) is 25.5 Å². The van der Waals surface area contributed by atoms with E-state index in [9.17, 15) is 12.8 Å². The maximum Gasteiger partial charge on any atom is 0.156 e. The zero-order chi connectivity index (χ0) is 14.0. The standard InChI is InChI=1S/C12H17BrFNO2S/c1-12(2,3)18(16,17)7-6-15-9-4-5-11(14)10(13)8-9/h4-5,8,15H,6-7H2,1-3H3. The summed E-state index contributed by atoms with van der Waals surface area (Å²) in [5.41, 5.74) is 0.687. The van der Waals surface area contributed by atoms with Gasteiger partial charge in [0, 0.05) is 12.2 Å². The van der Waals surface area contributed by atoms with E-state index in [1.54, 1.807) is 32.9 Å². The third kappa shape index (κ3) is 3.95. The second-order valence-corrected chi connectivity index (χ2v) is 8.70. The Kier molecular flexibility index (Phi) is 4.78. The van der Waals surface area contributed by atoms with Crippen molar-refractivity contribution >= 4 is 31.5 Å². The van der Waals surface area contributed by atoms with E-state index < -0.39 is 14.6 Å². The number of nitrogens with one attached hydrogen (secondary N) is 1. The van der Waals surface area contributed by atoms with Gasteiger partial charge in [0.25, 0.3) is 0 Å². The Hall–Kier alpha value is -0.620. The lowest BCUT2D eigenvalue weighted by atomic mass is 10.3. The van der Waals surface area contributed by atoms with E-state index in [2.05, 4.69) is 21.2 Å². The van der Waals surface area contributed by atoms with Crippen LogP contribution < -0.4 is 5.32 Å². The van der Waals surface area contributed by atoms with Crippen molar-refractivity contribution in [1.82, 2.24) is 0 Å². The van der Waals surface area contributed by atoms with Crippen LogP contribution >= 0.6 is 15.9 Å². The molecule has 0 fully saturated rings. The molecule has 1 rings (SSSR count). The summed E-state index contributed by atoms with van der Waals surface area (Å²) in [4.78, 5) is 0. The SMILES string of the molecule is CC(C)(C)S(=O)(=O)CCNc1ccc(F)c(Br)c1. The summed E-state index contributed by atoms with van der Waals surface area (Å²) in [6, 6.07) is 4.48. The van der Waals surface area contributed by atoms with Crippen molar-refractivity contribution < 1.29 is 12.8 Å². The van der Waals surface area contributed by atoms with Gasteiger partial charge in [0.15, 0.2) is 9.84 Å². The molecule has 6 heteroatoms. The van der Waals surface area contributed by atoms with Gasteiger partial charge in [0.1, 0.15) is 5.82 Å². The lowest BCUT2D eigenvalue weighted by Gasteiger charge is -2.19. The molecule has 0 aliphatic heterocycles. The number of rotatable bonds is 4. The molecular formula is C12H17BrFNO2S. The summed E-state index contributed by atoms with van der Waals surface area (Å²) in [6.07, 6.45) is 0. The Balaban J connectivity index is 2.60. The Bertz CT molecular complexity index is 523. The van der Waals surface area contributed by atoms with Crippen molar-refractivity contribution in [2.24, 2.45) is 0 Å². The molecule has 0 bridgehead atoms. The van der Waals surface area contributed by atoms with Gasteiger partial charge < -0.3 is 5.32 Å². The Morgan fingerprint density at radius 2 is 1.94 bits per heavy atom. The molecular weight excluding hydrogens is 321 g/mol. The van der Waals surface area contributed by atoms with Crippen LogP contribution in [0.25, 0.3) is 0 Å². The maximum atomic E-state index is 13.0. The fourth-order valence-corrected chi connectivity index (χ4v) is 2.60. The first-order chi connectivity index (χ1) is 8.13. The molecule has 18 heavy (non-hydrogen) atoms. The summed E-state index contributed by atoms with van der Waals surface area (Å²) in [5, 5.41) is 2.97. The zero-order valence-corrected chi connectivity index (χ0v) is 13.0. The Labute approximate surface area is 116 Å². The van der Waals surface area contributed by atoms with Crippen LogP contribution in [0, 0.1) is 5.82 Å². The quantitative estimate of drug-likeness (QED) is 0.917. The van der Waals surface area contributed by atoms with Crippen LogP contribution in [0.1, 0.15) is 20.8 Å². The Morgan fingerprint density at radius 3 is 2.44 bits per heavy atom. The molecule has 0 spiro atoms. The maximum absolute atomic E-state index is 13.0. The van der Waals surface area contributed by atoms with Gasteiger partial charge in [-0.2, -0.15) is 0 Å². The highest BCUT2D eigenvalue weighted by atomic mass is 79.9. The van der Waals surface area contributed by atoms with Crippen molar-refractivity contribution in [2.75, 3.05) is 17.6 Å². The van der Waals surface area contributed by atoms with Crippen LogP contribution in [0.4, 0.5) is 10.1 Å². The molecule has 0 saturated carbocycles. The molecule has 102 valence electrons. The zero-order valence-electron chi connectivity index (χ0n) is 10.6. The van der Waals surface area contributed by atoms with E-state index in [1.807, 2.05) is 0 Å². The monoisotopic (exact) mass is 337 g/mol. The first kappa shape index (κ1) is 15.4. The number of benzene rings is 1. The van der Waals surface area contributed by atoms with Gasteiger partial charge in [-0.15, -0.1) is 0 Å². The van der Waals surface area contributed by atoms with Crippen LogP contribution in [0.2, 0.25) is 0 Å². The van der Waals surface area contributed by atoms with Crippen LogP contribution in [0.5, 0.6) is 0 Å². The second kappa shape index (κ2) is 5.57. The minimum atomic E-state index is -3.13. The molecule has 0 aliphatic carbocycles. The number of anilines is 1. The largest absolute Gasteiger partial charge is 0.384 e. The fourth-order valence-electron chi connectivity index (χ4n) is 1.24. The highest BCUT2D eigenvalue weighted by Gasteiger charge is 2.28.